The Kier molecular flexibility index (Phi) is 3.84. The van der Waals surface area contributed by atoms with Gasteiger partial charge in [0.05, 0.1) is 4.90 Å². The molecular formula is C10H16N2O2S. The van der Waals surface area contributed by atoms with E-state index in [0.717, 1.165) is 5.56 Å². The average Bonchev–Trinajstić information content (AvgIpc) is 2.18. The molecule has 0 saturated heterocycles. The molecule has 4 nitrogen and oxygen atoms in total. The summed E-state index contributed by atoms with van der Waals surface area (Å²) in [6.45, 7) is 2.57. The first-order valence-electron chi connectivity index (χ1n) is 4.71. The minimum absolute atomic E-state index is 0.309. The summed E-state index contributed by atoms with van der Waals surface area (Å²) in [6, 6.07) is 6.78. The van der Waals surface area contributed by atoms with Crippen LogP contribution in [0.2, 0.25) is 0 Å². The molecule has 0 aliphatic heterocycles. The molecule has 1 aromatic rings. The predicted molar refractivity (Wildman–Crippen MR) is 60.0 cm³/mol. The number of rotatable bonds is 4. The highest BCUT2D eigenvalue weighted by Gasteiger charge is 2.19. The van der Waals surface area contributed by atoms with Crippen LogP contribution in [-0.4, -0.2) is 32.9 Å². The molecule has 0 spiro atoms. The van der Waals surface area contributed by atoms with Gasteiger partial charge in [0.15, 0.2) is 0 Å². The maximum Gasteiger partial charge on any atom is 0.242 e. The van der Waals surface area contributed by atoms with E-state index in [2.05, 4.69) is 0 Å². The predicted octanol–water partition coefficient (Wildman–Crippen LogP) is 0.574. The number of hydrogen-bond acceptors (Lipinski definition) is 3. The Morgan fingerprint density at radius 1 is 1.27 bits per heavy atom. The summed E-state index contributed by atoms with van der Waals surface area (Å²) in [5, 5.41) is 0. The molecule has 2 N–H and O–H groups in total. The van der Waals surface area contributed by atoms with Crippen molar-refractivity contribution in [3.05, 3.63) is 29.8 Å². The first-order valence-corrected chi connectivity index (χ1v) is 6.15. The molecular weight excluding hydrogens is 212 g/mol. The van der Waals surface area contributed by atoms with Gasteiger partial charge in [0, 0.05) is 20.1 Å². The van der Waals surface area contributed by atoms with Crippen LogP contribution in [0.25, 0.3) is 0 Å². The van der Waals surface area contributed by atoms with Gasteiger partial charge in [-0.2, -0.15) is 4.31 Å². The normalized spacial score (nSPS) is 12.0. The summed E-state index contributed by atoms with van der Waals surface area (Å²) in [4.78, 5) is 0.309. The Balaban J connectivity index is 3.01. The highest BCUT2D eigenvalue weighted by molar-refractivity contribution is 7.89. The quantitative estimate of drug-likeness (QED) is 0.819. The van der Waals surface area contributed by atoms with Crippen LogP contribution in [-0.2, 0) is 10.0 Å². The van der Waals surface area contributed by atoms with Gasteiger partial charge in [0.1, 0.15) is 0 Å². The molecule has 0 unspecified atom stereocenters. The lowest BCUT2D eigenvalue weighted by atomic mass is 10.2. The zero-order valence-corrected chi connectivity index (χ0v) is 9.79. The third-order valence-electron chi connectivity index (χ3n) is 2.17. The van der Waals surface area contributed by atoms with Crippen LogP contribution in [0.3, 0.4) is 0 Å². The van der Waals surface area contributed by atoms with Gasteiger partial charge in [-0.1, -0.05) is 17.7 Å². The molecule has 0 amide bonds. The van der Waals surface area contributed by atoms with Crippen molar-refractivity contribution in [3.8, 4) is 0 Å². The lowest BCUT2D eigenvalue weighted by Crippen LogP contribution is -2.31. The molecule has 0 heterocycles. The minimum Gasteiger partial charge on any atom is -0.329 e. The van der Waals surface area contributed by atoms with Crippen LogP contribution in [0.1, 0.15) is 5.56 Å². The first kappa shape index (κ1) is 12.2. The Morgan fingerprint density at radius 2 is 1.80 bits per heavy atom. The number of aryl methyl sites for hydroxylation is 1. The van der Waals surface area contributed by atoms with Crippen LogP contribution in [0.4, 0.5) is 0 Å². The first-order chi connectivity index (χ1) is 6.98. The molecule has 0 aromatic heterocycles. The summed E-state index contributed by atoms with van der Waals surface area (Å²) >= 11 is 0. The summed E-state index contributed by atoms with van der Waals surface area (Å²) < 4.78 is 25.1. The van der Waals surface area contributed by atoms with Crippen LogP contribution in [0.5, 0.6) is 0 Å². The largest absolute Gasteiger partial charge is 0.329 e. The molecule has 15 heavy (non-hydrogen) atoms. The monoisotopic (exact) mass is 228 g/mol. The van der Waals surface area contributed by atoms with Gasteiger partial charge in [0.25, 0.3) is 0 Å². The second-order valence-corrected chi connectivity index (χ2v) is 5.47. The Hall–Kier alpha value is -0.910. The van der Waals surface area contributed by atoms with Crippen molar-refractivity contribution in [2.45, 2.75) is 11.8 Å². The van der Waals surface area contributed by atoms with E-state index in [1.165, 1.54) is 11.4 Å². The number of likely N-dealkylation sites (N-methyl/N-ethyl adjacent to an activating group) is 1. The molecule has 0 aliphatic carbocycles. The van der Waals surface area contributed by atoms with Crippen LogP contribution < -0.4 is 5.73 Å². The van der Waals surface area contributed by atoms with Crippen LogP contribution >= 0.6 is 0 Å². The molecule has 1 rings (SSSR count). The molecule has 1 aromatic carbocycles. The van der Waals surface area contributed by atoms with Gasteiger partial charge in [-0.15, -0.1) is 0 Å². The van der Waals surface area contributed by atoms with E-state index in [0.29, 0.717) is 18.0 Å². The van der Waals surface area contributed by atoms with Gasteiger partial charge in [-0.25, -0.2) is 8.42 Å². The molecule has 0 bridgehead atoms. The van der Waals surface area contributed by atoms with Crippen LogP contribution in [0.15, 0.2) is 29.2 Å². The second-order valence-electron chi connectivity index (χ2n) is 3.43. The molecule has 0 radical (unpaired) electrons. The molecule has 0 saturated carbocycles. The molecule has 0 fully saturated rings. The molecule has 0 atom stereocenters. The fourth-order valence-corrected chi connectivity index (χ4v) is 2.38. The number of benzene rings is 1. The fourth-order valence-electron chi connectivity index (χ4n) is 1.19. The maximum absolute atomic E-state index is 11.9. The van der Waals surface area contributed by atoms with Crippen molar-refractivity contribution in [2.75, 3.05) is 20.1 Å². The summed E-state index contributed by atoms with van der Waals surface area (Å²) in [5.74, 6) is 0. The van der Waals surface area contributed by atoms with E-state index in [4.69, 9.17) is 5.73 Å². The van der Waals surface area contributed by atoms with Crippen molar-refractivity contribution in [3.63, 3.8) is 0 Å². The van der Waals surface area contributed by atoms with Gasteiger partial charge in [-0.3, -0.25) is 0 Å². The van der Waals surface area contributed by atoms with Crippen molar-refractivity contribution in [2.24, 2.45) is 5.73 Å². The Morgan fingerprint density at radius 3 is 2.27 bits per heavy atom. The fraction of sp³-hybridized carbons (Fsp3) is 0.400. The van der Waals surface area contributed by atoms with E-state index in [-0.39, 0.29) is 0 Å². The third kappa shape index (κ3) is 2.77. The van der Waals surface area contributed by atoms with Gasteiger partial charge >= 0.3 is 0 Å². The van der Waals surface area contributed by atoms with Gasteiger partial charge < -0.3 is 5.73 Å². The standard InChI is InChI=1S/C10H16N2O2S/c1-9-3-5-10(6-4-9)15(13,14)12(2)8-7-11/h3-6H,7-8,11H2,1-2H3. The number of nitrogens with two attached hydrogens (primary N) is 1. The Labute approximate surface area is 90.8 Å². The van der Waals surface area contributed by atoms with E-state index < -0.39 is 10.0 Å². The van der Waals surface area contributed by atoms with Crippen molar-refractivity contribution in [1.82, 2.24) is 4.31 Å². The van der Waals surface area contributed by atoms with E-state index >= 15 is 0 Å². The lowest BCUT2D eigenvalue weighted by Gasteiger charge is -2.15. The SMILES string of the molecule is Cc1ccc(S(=O)(=O)N(C)CCN)cc1. The smallest absolute Gasteiger partial charge is 0.242 e. The second kappa shape index (κ2) is 4.74. The van der Waals surface area contributed by atoms with E-state index in [1.54, 1.807) is 24.3 Å². The molecule has 5 heteroatoms. The van der Waals surface area contributed by atoms with E-state index in [9.17, 15) is 8.42 Å². The van der Waals surface area contributed by atoms with Crippen molar-refractivity contribution in [1.29, 1.82) is 0 Å². The summed E-state index contributed by atoms with van der Waals surface area (Å²) in [7, 11) is -1.83. The third-order valence-corrected chi connectivity index (χ3v) is 4.04. The van der Waals surface area contributed by atoms with Gasteiger partial charge in [-0.05, 0) is 19.1 Å². The average molecular weight is 228 g/mol. The zero-order chi connectivity index (χ0) is 11.5. The topological polar surface area (TPSA) is 63.4 Å². The molecule has 84 valence electrons. The maximum atomic E-state index is 11.9. The number of hydrogen-bond donors (Lipinski definition) is 1. The molecule has 0 aliphatic rings. The number of sulfonamides is 1. The minimum atomic E-state index is -3.36. The van der Waals surface area contributed by atoms with Crippen molar-refractivity contribution < 1.29 is 8.42 Å². The highest BCUT2D eigenvalue weighted by Crippen LogP contribution is 2.14. The number of nitrogens with zero attached hydrogens (tertiary/aromatic N) is 1. The van der Waals surface area contributed by atoms with Crippen LogP contribution in [0, 0.1) is 6.92 Å². The lowest BCUT2D eigenvalue weighted by molar-refractivity contribution is 0.476. The Bertz CT molecular complexity index is 412. The van der Waals surface area contributed by atoms with Crippen molar-refractivity contribution >= 4 is 10.0 Å². The van der Waals surface area contributed by atoms with Gasteiger partial charge in [0.2, 0.25) is 10.0 Å². The summed E-state index contributed by atoms with van der Waals surface area (Å²) in [6.07, 6.45) is 0. The zero-order valence-electron chi connectivity index (χ0n) is 8.97. The summed E-state index contributed by atoms with van der Waals surface area (Å²) in [5.41, 5.74) is 6.36. The highest BCUT2D eigenvalue weighted by atomic mass is 32.2. The van der Waals surface area contributed by atoms with E-state index in [1.807, 2.05) is 6.92 Å².